The van der Waals surface area contributed by atoms with Gasteiger partial charge in [0.2, 0.25) is 0 Å². The molecule has 0 fully saturated rings. The summed E-state index contributed by atoms with van der Waals surface area (Å²) in [5, 5.41) is 0. The fourth-order valence-electron chi connectivity index (χ4n) is 8.21. The second-order valence-corrected chi connectivity index (χ2v) is 19.3. The van der Waals surface area contributed by atoms with Crippen LogP contribution in [0, 0.1) is 0 Å². The lowest BCUT2D eigenvalue weighted by molar-refractivity contribution is -0.167. The predicted molar refractivity (Wildman–Crippen MR) is 288 cm³/mol. The monoisotopic (exact) mass is 937 g/mol. The van der Waals surface area contributed by atoms with Gasteiger partial charge in [-0.1, -0.05) is 261 Å². The first kappa shape index (κ1) is 64.1. The number of carbonyl (C=O) groups is 3. The molecule has 0 saturated heterocycles. The predicted octanol–water partition coefficient (Wildman–Crippen LogP) is 19.2. The first-order valence-corrected chi connectivity index (χ1v) is 28.8. The smallest absolute Gasteiger partial charge is 0.306 e. The van der Waals surface area contributed by atoms with E-state index in [1.165, 1.54) is 167 Å². The maximum atomic E-state index is 12.9. The Balaban J connectivity index is 4.41. The lowest BCUT2D eigenvalue weighted by atomic mass is 10.0. The topological polar surface area (TPSA) is 78.9 Å². The van der Waals surface area contributed by atoms with Crippen molar-refractivity contribution in [2.24, 2.45) is 0 Å². The molecule has 0 amide bonds. The zero-order chi connectivity index (χ0) is 48.6. The first-order chi connectivity index (χ1) is 33.0. The maximum Gasteiger partial charge on any atom is 0.306 e. The molecule has 6 heteroatoms. The summed E-state index contributed by atoms with van der Waals surface area (Å²) in [7, 11) is 0. The number of rotatable bonds is 52. The van der Waals surface area contributed by atoms with Crippen LogP contribution in [0.15, 0.2) is 60.8 Å². The molecule has 0 aliphatic rings. The highest BCUT2D eigenvalue weighted by molar-refractivity contribution is 5.71. The van der Waals surface area contributed by atoms with E-state index in [4.69, 9.17) is 14.2 Å². The van der Waals surface area contributed by atoms with E-state index in [1.54, 1.807) is 0 Å². The quantitative estimate of drug-likeness (QED) is 0.0199. The van der Waals surface area contributed by atoms with E-state index in [2.05, 4.69) is 81.5 Å². The Morgan fingerprint density at radius 3 is 0.925 bits per heavy atom. The highest BCUT2D eigenvalue weighted by Crippen LogP contribution is 2.16. The van der Waals surface area contributed by atoms with Crippen molar-refractivity contribution in [1.82, 2.24) is 0 Å². The van der Waals surface area contributed by atoms with Crippen LogP contribution >= 0.6 is 0 Å². The third-order valence-electron chi connectivity index (χ3n) is 12.6. The SMILES string of the molecule is CCCCC\C=C/C=C\C=C/C=C\CCCCCCCC(=O)OCC(COC(=O)CCCCCCCCC/C=C\CCCCCC)OC(=O)CCCCCCCCCCCCCCCCCC. The number of allylic oxidation sites excluding steroid dienone is 10. The van der Waals surface area contributed by atoms with Gasteiger partial charge in [0.1, 0.15) is 13.2 Å². The van der Waals surface area contributed by atoms with Gasteiger partial charge in [-0.05, 0) is 70.6 Å². The van der Waals surface area contributed by atoms with Crippen LogP contribution in [0.1, 0.15) is 290 Å². The van der Waals surface area contributed by atoms with Gasteiger partial charge in [-0.15, -0.1) is 0 Å². The second kappa shape index (κ2) is 55.7. The van der Waals surface area contributed by atoms with Gasteiger partial charge in [-0.25, -0.2) is 0 Å². The van der Waals surface area contributed by atoms with Crippen LogP contribution in [0.5, 0.6) is 0 Å². The highest BCUT2D eigenvalue weighted by Gasteiger charge is 2.19. The summed E-state index contributed by atoms with van der Waals surface area (Å²) < 4.78 is 16.9. The van der Waals surface area contributed by atoms with Gasteiger partial charge in [0.15, 0.2) is 6.10 Å². The molecule has 0 aromatic heterocycles. The van der Waals surface area contributed by atoms with Crippen molar-refractivity contribution in [1.29, 1.82) is 0 Å². The summed E-state index contributed by atoms with van der Waals surface area (Å²) in [6.07, 6.45) is 69.1. The van der Waals surface area contributed by atoms with E-state index in [-0.39, 0.29) is 31.1 Å². The average Bonchev–Trinajstić information content (AvgIpc) is 3.33. The zero-order valence-corrected chi connectivity index (χ0v) is 44.4. The second-order valence-electron chi connectivity index (χ2n) is 19.3. The Labute approximate surface area is 415 Å². The molecule has 0 heterocycles. The van der Waals surface area contributed by atoms with Crippen molar-refractivity contribution < 1.29 is 28.6 Å². The van der Waals surface area contributed by atoms with Crippen molar-refractivity contribution >= 4 is 17.9 Å². The summed E-state index contributed by atoms with van der Waals surface area (Å²) in [5.41, 5.74) is 0. The molecule has 0 aromatic rings. The highest BCUT2D eigenvalue weighted by atomic mass is 16.6. The fraction of sp³-hybridized carbons (Fsp3) is 0.787. The van der Waals surface area contributed by atoms with Crippen molar-refractivity contribution in [3.05, 3.63) is 60.8 Å². The van der Waals surface area contributed by atoms with E-state index >= 15 is 0 Å². The summed E-state index contributed by atoms with van der Waals surface area (Å²) >= 11 is 0. The number of esters is 3. The lowest BCUT2D eigenvalue weighted by Crippen LogP contribution is -2.30. The van der Waals surface area contributed by atoms with Crippen molar-refractivity contribution in [3.8, 4) is 0 Å². The standard InChI is InChI=1S/C61H108O6/c1-4-7-10-13-16-19-22-25-28-30-31-34-36-39-42-45-48-51-54-60(63)66-57-58(56-65-59(62)53-50-47-44-41-38-35-32-27-24-21-18-15-12-9-6-3)67-61(64)55-52-49-46-43-40-37-33-29-26-23-20-17-14-11-8-5-2/h16,19,21-22,24-25,28,30-31,34,58H,4-15,17-18,20,23,26-27,29,32-33,35-57H2,1-3H3/b19-16-,24-21-,25-22-,30-28-,34-31-. The lowest BCUT2D eigenvalue weighted by Gasteiger charge is -2.18. The number of hydrogen-bond donors (Lipinski definition) is 0. The molecule has 388 valence electrons. The Bertz CT molecular complexity index is 1210. The summed E-state index contributed by atoms with van der Waals surface area (Å²) in [5.74, 6) is -0.896. The van der Waals surface area contributed by atoms with Crippen LogP contribution in [0.3, 0.4) is 0 Å². The Hall–Kier alpha value is -2.89. The molecule has 0 aliphatic heterocycles. The molecule has 0 aromatic carbocycles. The molecule has 0 spiro atoms. The molecule has 0 rings (SSSR count). The largest absolute Gasteiger partial charge is 0.462 e. The van der Waals surface area contributed by atoms with E-state index in [0.717, 1.165) is 83.5 Å². The average molecular weight is 938 g/mol. The van der Waals surface area contributed by atoms with E-state index < -0.39 is 6.10 Å². The van der Waals surface area contributed by atoms with Crippen LogP contribution in [0.25, 0.3) is 0 Å². The molecule has 0 N–H and O–H groups in total. The van der Waals surface area contributed by atoms with Crippen LogP contribution in [0.2, 0.25) is 0 Å². The van der Waals surface area contributed by atoms with E-state index in [1.807, 2.05) is 0 Å². The number of unbranched alkanes of at least 4 members (excludes halogenated alkanes) is 34. The van der Waals surface area contributed by atoms with Gasteiger partial charge >= 0.3 is 17.9 Å². The Kier molecular flexibility index (Phi) is 53.3. The van der Waals surface area contributed by atoms with Gasteiger partial charge < -0.3 is 14.2 Å². The van der Waals surface area contributed by atoms with E-state index in [0.29, 0.717) is 19.3 Å². The molecule has 0 saturated carbocycles. The van der Waals surface area contributed by atoms with Crippen LogP contribution < -0.4 is 0 Å². The molecule has 0 aliphatic carbocycles. The maximum absolute atomic E-state index is 12.9. The Morgan fingerprint density at radius 1 is 0.299 bits per heavy atom. The van der Waals surface area contributed by atoms with Crippen LogP contribution in [0.4, 0.5) is 0 Å². The number of ether oxygens (including phenoxy) is 3. The van der Waals surface area contributed by atoms with Crippen molar-refractivity contribution in [3.63, 3.8) is 0 Å². The molecule has 0 radical (unpaired) electrons. The molecule has 67 heavy (non-hydrogen) atoms. The molecule has 1 unspecified atom stereocenters. The Morgan fingerprint density at radius 2 is 0.552 bits per heavy atom. The minimum absolute atomic E-state index is 0.0819. The van der Waals surface area contributed by atoms with Crippen molar-refractivity contribution in [2.45, 2.75) is 297 Å². The number of hydrogen-bond acceptors (Lipinski definition) is 6. The minimum Gasteiger partial charge on any atom is -0.462 e. The van der Waals surface area contributed by atoms with Gasteiger partial charge in [-0.2, -0.15) is 0 Å². The van der Waals surface area contributed by atoms with Crippen molar-refractivity contribution in [2.75, 3.05) is 13.2 Å². The summed E-state index contributed by atoms with van der Waals surface area (Å²) in [4.78, 5) is 38.2. The van der Waals surface area contributed by atoms with Gasteiger partial charge in [0.25, 0.3) is 0 Å². The zero-order valence-electron chi connectivity index (χ0n) is 44.4. The van der Waals surface area contributed by atoms with Gasteiger partial charge in [-0.3, -0.25) is 14.4 Å². The van der Waals surface area contributed by atoms with Gasteiger partial charge in [0.05, 0.1) is 0 Å². The third-order valence-corrected chi connectivity index (χ3v) is 12.6. The molecular formula is C61H108O6. The summed E-state index contributed by atoms with van der Waals surface area (Å²) in [6, 6.07) is 0. The normalized spacial score (nSPS) is 12.5. The minimum atomic E-state index is -0.784. The van der Waals surface area contributed by atoms with Crippen LogP contribution in [-0.4, -0.2) is 37.2 Å². The van der Waals surface area contributed by atoms with Gasteiger partial charge in [0, 0.05) is 19.3 Å². The fourth-order valence-corrected chi connectivity index (χ4v) is 8.21. The molecule has 0 bridgehead atoms. The molecular weight excluding hydrogens is 829 g/mol. The molecule has 6 nitrogen and oxygen atoms in total. The summed E-state index contributed by atoms with van der Waals surface area (Å²) in [6.45, 7) is 6.60. The van der Waals surface area contributed by atoms with Crippen LogP contribution in [-0.2, 0) is 28.6 Å². The molecule has 1 atom stereocenters. The first-order valence-electron chi connectivity index (χ1n) is 28.8. The van der Waals surface area contributed by atoms with E-state index in [9.17, 15) is 14.4 Å². The number of carbonyl (C=O) groups excluding carboxylic acids is 3. The third kappa shape index (κ3) is 53.9.